The topological polar surface area (TPSA) is 76.4 Å². The zero-order chi connectivity index (χ0) is 16.8. The van der Waals surface area contributed by atoms with E-state index in [0.717, 1.165) is 17.2 Å². The lowest BCUT2D eigenvalue weighted by Crippen LogP contribution is -2.12. The molecule has 0 saturated heterocycles. The maximum Gasteiger partial charge on any atom is 0.257 e. The molecule has 0 aliphatic carbocycles. The molecule has 3 rings (SSSR count). The van der Waals surface area contributed by atoms with Crippen LogP contribution in [0.15, 0.2) is 65.5 Å². The fourth-order valence-electron chi connectivity index (χ4n) is 2.14. The molecule has 0 unspecified atom stereocenters. The molecule has 0 aliphatic rings. The monoisotopic (exact) mass is 323 g/mol. The van der Waals surface area contributed by atoms with Crippen molar-refractivity contribution in [2.24, 2.45) is 0 Å². The van der Waals surface area contributed by atoms with E-state index in [0.29, 0.717) is 17.8 Å². The molecule has 2 N–H and O–H groups in total. The average molecular weight is 323 g/mol. The number of pyridine rings is 1. The molecule has 0 fully saturated rings. The highest BCUT2D eigenvalue weighted by molar-refractivity contribution is 6.04. The number of hydrogen-bond donors (Lipinski definition) is 2. The van der Waals surface area contributed by atoms with Crippen molar-refractivity contribution in [1.29, 1.82) is 0 Å². The first-order chi connectivity index (χ1) is 11.7. The number of aromatic nitrogens is 1. The molecule has 6 nitrogen and oxygen atoms in total. The Morgan fingerprint density at radius 1 is 1.17 bits per heavy atom. The highest BCUT2D eigenvalue weighted by atomic mass is 16.5. The van der Waals surface area contributed by atoms with Gasteiger partial charge in [0.25, 0.3) is 5.91 Å². The van der Waals surface area contributed by atoms with Gasteiger partial charge >= 0.3 is 0 Å². The van der Waals surface area contributed by atoms with Gasteiger partial charge in [-0.15, -0.1) is 0 Å². The first-order valence-corrected chi connectivity index (χ1v) is 7.41. The normalized spacial score (nSPS) is 10.2. The molecule has 2 heterocycles. The standard InChI is InChI=1S/C18H17N3O3/c1-23-16-6-4-14(5-7-16)21-18(22)13-9-15(11-19-10-13)20-12-17-3-2-8-24-17/h2-11,20H,12H2,1H3,(H,21,22). The molecule has 0 bridgehead atoms. The smallest absolute Gasteiger partial charge is 0.257 e. The highest BCUT2D eigenvalue weighted by Crippen LogP contribution is 2.17. The summed E-state index contributed by atoms with van der Waals surface area (Å²) in [6, 6.07) is 12.6. The third-order valence-electron chi connectivity index (χ3n) is 3.40. The van der Waals surface area contributed by atoms with Crippen molar-refractivity contribution >= 4 is 17.3 Å². The number of methoxy groups -OCH3 is 1. The van der Waals surface area contributed by atoms with Crippen LogP contribution in [0.1, 0.15) is 16.1 Å². The molecule has 122 valence electrons. The predicted octanol–water partition coefficient (Wildman–Crippen LogP) is 3.55. The van der Waals surface area contributed by atoms with Crippen LogP contribution in [0.2, 0.25) is 0 Å². The molecule has 1 amide bonds. The lowest BCUT2D eigenvalue weighted by Gasteiger charge is -2.08. The predicted molar refractivity (Wildman–Crippen MR) is 91.2 cm³/mol. The molecule has 2 aromatic heterocycles. The van der Waals surface area contributed by atoms with E-state index in [4.69, 9.17) is 9.15 Å². The molecule has 6 heteroatoms. The van der Waals surface area contributed by atoms with E-state index < -0.39 is 0 Å². The van der Waals surface area contributed by atoms with Gasteiger partial charge in [-0.05, 0) is 42.5 Å². The number of furan rings is 1. The van der Waals surface area contributed by atoms with Gasteiger partial charge in [0, 0.05) is 18.1 Å². The molecule has 0 atom stereocenters. The summed E-state index contributed by atoms with van der Waals surface area (Å²) >= 11 is 0. The molecule has 1 aromatic carbocycles. The molecule has 24 heavy (non-hydrogen) atoms. The van der Waals surface area contributed by atoms with Gasteiger partial charge in [-0.1, -0.05) is 0 Å². The zero-order valence-electron chi connectivity index (χ0n) is 13.2. The maximum absolute atomic E-state index is 12.3. The molecular formula is C18H17N3O3. The number of carbonyl (C=O) groups is 1. The number of hydrogen-bond acceptors (Lipinski definition) is 5. The Morgan fingerprint density at radius 2 is 2.00 bits per heavy atom. The number of amides is 1. The van der Waals surface area contributed by atoms with Crippen molar-refractivity contribution in [3.63, 3.8) is 0 Å². The van der Waals surface area contributed by atoms with Crippen molar-refractivity contribution < 1.29 is 13.9 Å². The van der Waals surface area contributed by atoms with E-state index in [1.165, 1.54) is 6.20 Å². The van der Waals surface area contributed by atoms with Crippen LogP contribution in [-0.4, -0.2) is 18.0 Å². The second-order valence-corrected chi connectivity index (χ2v) is 5.08. The average Bonchev–Trinajstić information content (AvgIpc) is 3.14. The molecule has 3 aromatic rings. The largest absolute Gasteiger partial charge is 0.497 e. The van der Waals surface area contributed by atoms with Crippen LogP contribution in [-0.2, 0) is 6.54 Å². The number of benzene rings is 1. The minimum Gasteiger partial charge on any atom is -0.497 e. The van der Waals surface area contributed by atoms with E-state index >= 15 is 0 Å². The minimum absolute atomic E-state index is 0.227. The number of anilines is 2. The van der Waals surface area contributed by atoms with Crippen LogP contribution in [0, 0.1) is 0 Å². The van der Waals surface area contributed by atoms with Gasteiger partial charge in [0.2, 0.25) is 0 Å². The minimum atomic E-state index is -0.227. The summed E-state index contributed by atoms with van der Waals surface area (Å²) in [5.74, 6) is 1.32. The lowest BCUT2D eigenvalue weighted by molar-refractivity contribution is 0.102. The number of ether oxygens (including phenoxy) is 1. The fraction of sp³-hybridized carbons (Fsp3) is 0.111. The van der Waals surface area contributed by atoms with Crippen LogP contribution >= 0.6 is 0 Å². The summed E-state index contributed by atoms with van der Waals surface area (Å²) in [6.07, 6.45) is 4.80. The molecule has 0 saturated carbocycles. The van der Waals surface area contributed by atoms with Crippen LogP contribution in [0.4, 0.5) is 11.4 Å². The fourth-order valence-corrected chi connectivity index (χ4v) is 2.14. The van der Waals surface area contributed by atoms with Gasteiger partial charge in [0.15, 0.2) is 0 Å². The second-order valence-electron chi connectivity index (χ2n) is 5.08. The van der Waals surface area contributed by atoms with Crippen molar-refractivity contribution in [2.45, 2.75) is 6.54 Å². The third-order valence-corrected chi connectivity index (χ3v) is 3.40. The summed E-state index contributed by atoms with van der Waals surface area (Å²) < 4.78 is 10.4. The number of nitrogens with zero attached hydrogens (tertiary/aromatic N) is 1. The van der Waals surface area contributed by atoms with Crippen LogP contribution in [0.3, 0.4) is 0 Å². The first kappa shape index (κ1) is 15.6. The van der Waals surface area contributed by atoms with Gasteiger partial charge in [-0.2, -0.15) is 0 Å². The second kappa shape index (κ2) is 7.32. The SMILES string of the molecule is COc1ccc(NC(=O)c2cncc(NCc3ccco3)c2)cc1. The Hall–Kier alpha value is -3.28. The van der Waals surface area contributed by atoms with Gasteiger partial charge in [0.05, 0.1) is 31.2 Å². The van der Waals surface area contributed by atoms with Crippen molar-refractivity contribution in [3.05, 3.63) is 72.4 Å². The molecule has 0 spiro atoms. The van der Waals surface area contributed by atoms with Crippen LogP contribution in [0.5, 0.6) is 5.75 Å². The van der Waals surface area contributed by atoms with Crippen molar-refractivity contribution in [1.82, 2.24) is 4.98 Å². The van der Waals surface area contributed by atoms with E-state index in [1.807, 2.05) is 12.1 Å². The van der Waals surface area contributed by atoms with Crippen molar-refractivity contribution in [2.75, 3.05) is 17.7 Å². The third kappa shape index (κ3) is 3.92. The van der Waals surface area contributed by atoms with E-state index in [2.05, 4.69) is 15.6 Å². The Bertz CT molecular complexity index is 799. The van der Waals surface area contributed by atoms with Crippen molar-refractivity contribution in [3.8, 4) is 5.75 Å². The van der Waals surface area contributed by atoms with E-state index in [9.17, 15) is 4.79 Å². The lowest BCUT2D eigenvalue weighted by atomic mass is 10.2. The van der Waals surface area contributed by atoms with Gasteiger partial charge in [-0.25, -0.2) is 0 Å². The van der Waals surface area contributed by atoms with Gasteiger partial charge in [0.1, 0.15) is 11.5 Å². The summed E-state index contributed by atoms with van der Waals surface area (Å²) in [5, 5.41) is 5.99. The van der Waals surface area contributed by atoms with Crippen LogP contribution in [0.25, 0.3) is 0 Å². The quantitative estimate of drug-likeness (QED) is 0.725. The number of carbonyl (C=O) groups excluding carboxylic acids is 1. The highest BCUT2D eigenvalue weighted by Gasteiger charge is 2.08. The van der Waals surface area contributed by atoms with Gasteiger partial charge in [-0.3, -0.25) is 9.78 Å². The Morgan fingerprint density at radius 3 is 2.71 bits per heavy atom. The Balaban J connectivity index is 1.64. The molecule has 0 aliphatic heterocycles. The first-order valence-electron chi connectivity index (χ1n) is 7.41. The van der Waals surface area contributed by atoms with Crippen LogP contribution < -0.4 is 15.4 Å². The maximum atomic E-state index is 12.3. The van der Waals surface area contributed by atoms with E-state index in [-0.39, 0.29) is 5.91 Å². The summed E-state index contributed by atoms with van der Waals surface area (Å²) in [5.41, 5.74) is 1.90. The summed E-state index contributed by atoms with van der Waals surface area (Å²) in [4.78, 5) is 16.4. The number of rotatable bonds is 6. The zero-order valence-corrected chi connectivity index (χ0v) is 13.2. The molecule has 0 radical (unpaired) electrons. The number of nitrogens with one attached hydrogen (secondary N) is 2. The Labute approximate surface area is 139 Å². The molecular weight excluding hydrogens is 306 g/mol. The van der Waals surface area contributed by atoms with E-state index in [1.54, 1.807) is 49.9 Å². The Kier molecular flexibility index (Phi) is 4.76. The summed E-state index contributed by atoms with van der Waals surface area (Å²) in [7, 11) is 1.60. The summed E-state index contributed by atoms with van der Waals surface area (Å²) in [6.45, 7) is 0.526. The van der Waals surface area contributed by atoms with Gasteiger partial charge < -0.3 is 19.8 Å².